The maximum absolute atomic E-state index is 13.0. The van der Waals surface area contributed by atoms with E-state index in [1.54, 1.807) is 6.92 Å². The molecule has 8 heteroatoms. The lowest BCUT2D eigenvalue weighted by molar-refractivity contribution is -0.116. The molecule has 0 saturated heterocycles. The molecular weight excluding hydrogens is 456 g/mol. The van der Waals surface area contributed by atoms with Crippen molar-refractivity contribution in [2.24, 2.45) is 5.92 Å². The molecule has 0 saturated carbocycles. The first-order chi connectivity index (χ1) is 15.8. The van der Waals surface area contributed by atoms with Crippen molar-refractivity contribution in [3.05, 3.63) is 40.3 Å². The fourth-order valence-corrected chi connectivity index (χ4v) is 6.16. The highest BCUT2D eigenvalue weighted by molar-refractivity contribution is 8.00. The third-order valence-electron chi connectivity index (χ3n) is 5.50. The van der Waals surface area contributed by atoms with Gasteiger partial charge in [0.1, 0.15) is 5.00 Å². The molecule has 2 amide bonds. The lowest BCUT2D eigenvalue weighted by atomic mass is 9.88. The van der Waals surface area contributed by atoms with Crippen LogP contribution >= 0.6 is 23.1 Å². The van der Waals surface area contributed by atoms with Gasteiger partial charge in [0.2, 0.25) is 11.8 Å². The first-order valence-electron chi connectivity index (χ1n) is 11.5. The Labute approximate surface area is 203 Å². The van der Waals surface area contributed by atoms with E-state index < -0.39 is 0 Å². The molecule has 0 fully saturated rings. The van der Waals surface area contributed by atoms with Crippen molar-refractivity contribution in [2.45, 2.75) is 69.9 Å². The van der Waals surface area contributed by atoms with Crippen LogP contribution in [-0.2, 0) is 27.2 Å². The Bertz CT molecular complexity index is 1020. The molecule has 2 unspecified atom stereocenters. The Morgan fingerprint density at radius 1 is 1.24 bits per heavy atom. The van der Waals surface area contributed by atoms with Gasteiger partial charge in [-0.25, -0.2) is 4.79 Å². The number of anilines is 2. The standard InChI is InChI=1S/C25H32N2O4S2/c1-5-8-21(28)26-17-9-7-10-18(14-17)32-16(4)23(29)27-24-22(25(30)31-6-2)19-12-11-15(3)13-20(19)33-24/h7,9-10,14-16H,5-6,8,11-13H2,1-4H3,(H,26,28)(H,27,29). The van der Waals surface area contributed by atoms with Crippen molar-refractivity contribution in [3.8, 4) is 0 Å². The summed E-state index contributed by atoms with van der Waals surface area (Å²) in [5, 5.41) is 6.08. The number of hydrogen-bond acceptors (Lipinski definition) is 6. The molecule has 1 heterocycles. The molecule has 2 atom stereocenters. The average Bonchev–Trinajstić information content (AvgIpc) is 3.11. The van der Waals surface area contributed by atoms with Crippen LogP contribution in [-0.4, -0.2) is 29.6 Å². The number of amides is 2. The largest absolute Gasteiger partial charge is 0.462 e. The highest BCUT2D eigenvalue weighted by Crippen LogP contribution is 2.40. The second-order valence-electron chi connectivity index (χ2n) is 8.35. The lowest BCUT2D eigenvalue weighted by Crippen LogP contribution is -2.23. The number of rotatable bonds is 9. The van der Waals surface area contributed by atoms with E-state index in [-0.39, 0.29) is 23.0 Å². The smallest absolute Gasteiger partial charge is 0.341 e. The van der Waals surface area contributed by atoms with E-state index >= 15 is 0 Å². The third kappa shape index (κ3) is 6.60. The molecule has 3 rings (SSSR count). The summed E-state index contributed by atoms with van der Waals surface area (Å²) < 4.78 is 5.30. The van der Waals surface area contributed by atoms with Gasteiger partial charge in [-0.1, -0.05) is 19.9 Å². The number of carbonyl (C=O) groups excluding carboxylic acids is 3. The molecule has 178 valence electrons. The zero-order valence-corrected chi connectivity index (χ0v) is 21.3. The number of carbonyl (C=O) groups is 3. The van der Waals surface area contributed by atoms with Crippen molar-refractivity contribution < 1.29 is 19.1 Å². The maximum atomic E-state index is 13.0. The Balaban J connectivity index is 1.72. The van der Waals surface area contributed by atoms with E-state index in [2.05, 4.69) is 17.6 Å². The average molecular weight is 489 g/mol. The van der Waals surface area contributed by atoms with Gasteiger partial charge in [0, 0.05) is 21.9 Å². The predicted octanol–water partition coefficient (Wildman–Crippen LogP) is 5.91. The van der Waals surface area contributed by atoms with E-state index in [0.717, 1.165) is 41.8 Å². The minimum atomic E-state index is -0.389. The molecule has 0 spiro atoms. The summed E-state index contributed by atoms with van der Waals surface area (Å²) in [6.45, 7) is 8.09. The number of hydrogen-bond donors (Lipinski definition) is 2. The molecule has 2 N–H and O–H groups in total. The first kappa shape index (κ1) is 25.3. The number of esters is 1. The van der Waals surface area contributed by atoms with Crippen LogP contribution in [0.15, 0.2) is 29.2 Å². The molecular formula is C25H32N2O4S2. The molecule has 1 aromatic heterocycles. The molecule has 0 bridgehead atoms. The van der Waals surface area contributed by atoms with Crippen molar-refractivity contribution >= 4 is 51.6 Å². The fraction of sp³-hybridized carbons (Fsp3) is 0.480. The normalized spacial score (nSPS) is 15.9. The van der Waals surface area contributed by atoms with Crippen molar-refractivity contribution in [2.75, 3.05) is 17.2 Å². The Kier molecular flexibility index (Phi) is 8.97. The van der Waals surface area contributed by atoms with E-state index in [1.165, 1.54) is 28.0 Å². The van der Waals surface area contributed by atoms with Crippen LogP contribution in [0.25, 0.3) is 0 Å². The van der Waals surface area contributed by atoms with Gasteiger partial charge in [-0.3, -0.25) is 9.59 Å². The maximum Gasteiger partial charge on any atom is 0.341 e. The second-order valence-corrected chi connectivity index (χ2v) is 10.9. The second kappa shape index (κ2) is 11.7. The highest BCUT2D eigenvalue weighted by Gasteiger charge is 2.30. The zero-order valence-electron chi connectivity index (χ0n) is 19.7. The molecule has 1 aromatic carbocycles. The molecule has 1 aliphatic carbocycles. The predicted molar refractivity (Wildman–Crippen MR) is 135 cm³/mol. The van der Waals surface area contributed by atoms with Gasteiger partial charge in [0.25, 0.3) is 0 Å². The monoisotopic (exact) mass is 488 g/mol. The Hall–Kier alpha value is -2.32. The van der Waals surface area contributed by atoms with Crippen LogP contribution in [0.5, 0.6) is 0 Å². The number of thiophene rings is 1. The van der Waals surface area contributed by atoms with E-state index in [9.17, 15) is 14.4 Å². The minimum Gasteiger partial charge on any atom is -0.462 e. The lowest BCUT2D eigenvalue weighted by Gasteiger charge is -2.18. The van der Waals surface area contributed by atoms with Crippen LogP contribution < -0.4 is 10.6 Å². The number of thioether (sulfide) groups is 1. The van der Waals surface area contributed by atoms with Gasteiger partial charge >= 0.3 is 5.97 Å². The highest BCUT2D eigenvalue weighted by atomic mass is 32.2. The molecule has 1 aliphatic rings. The fourth-order valence-electron chi connectivity index (χ4n) is 3.83. The van der Waals surface area contributed by atoms with Crippen LogP contribution in [0, 0.1) is 5.92 Å². The topological polar surface area (TPSA) is 84.5 Å². The zero-order chi connectivity index (χ0) is 24.0. The van der Waals surface area contributed by atoms with Gasteiger partial charge in [-0.15, -0.1) is 23.1 Å². The van der Waals surface area contributed by atoms with Crippen LogP contribution in [0.2, 0.25) is 0 Å². The van der Waals surface area contributed by atoms with Crippen molar-refractivity contribution in [1.29, 1.82) is 0 Å². The summed E-state index contributed by atoms with van der Waals surface area (Å²) in [4.78, 5) is 39.6. The number of fused-ring (bicyclic) bond motifs is 1. The van der Waals surface area contributed by atoms with E-state index in [0.29, 0.717) is 29.5 Å². The van der Waals surface area contributed by atoms with Crippen molar-refractivity contribution in [3.63, 3.8) is 0 Å². The van der Waals surface area contributed by atoms with E-state index in [1.807, 2.05) is 38.1 Å². The Morgan fingerprint density at radius 3 is 2.76 bits per heavy atom. The van der Waals surface area contributed by atoms with Gasteiger partial charge in [-0.2, -0.15) is 0 Å². The Morgan fingerprint density at radius 2 is 2.03 bits per heavy atom. The summed E-state index contributed by atoms with van der Waals surface area (Å²) in [6.07, 6.45) is 4.04. The van der Waals surface area contributed by atoms with Gasteiger partial charge in [0.05, 0.1) is 17.4 Å². The SMILES string of the molecule is CCCC(=O)Nc1cccc(SC(C)C(=O)Nc2sc3c(c2C(=O)OCC)CCC(C)C3)c1. The molecule has 0 aliphatic heterocycles. The molecule has 33 heavy (non-hydrogen) atoms. The molecule has 2 aromatic rings. The molecule has 0 radical (unpaired) electrons. The summed E-state index contributed by atoms with van der Waals surface area (Å²) in [7, 11) is 0. The van der Waals surface area contributed by atoms with Gasteiger partial charge in [-0.05, 0) is 69.2 Å². The number of nitrogens with one attached hydrogen (secondary N) is 2. The summed E-state index contributed by atoms with van der Waals surface area (Å²) in [5.74, 6) is 0.00975. The van der Waals surface area contributed by atoms with Gasteiger partial charge in [0.15, 0.2) is 0 Å². The molecule has 6 nitrogen and oxygen atoms in total. The van der Waals surface area contributed by atoms with Crippen LogP contribution in [0.3, 0.4) is 0 Å². The third-order valence-corrected chi connectivity index (χ3v) is 7.77. The van der Waals surface area contributed by atoms with E-state index in [4.69, 9.17) is 4.74 Å². The van der Waals surface area contributed by atoms with Crippen molar-refractivity contribution in [1.82, 2.24) is 0 Å². The summed E-state index contributed by atoms with van der Waals surface area (Å²) in [5.41, 5.74) is 2.27. The van der Waals surface area contributed by atoms with Gasteiger partial charge < -0.3 is 15.4 Å². The quantitative estimate of drug-likeness (QED) is 0.339. The first-order valence-corrected chi connectivity index (χ1v) is 13.2. The summed E-state index contributed by atoms with van der Waals surface area (Å²) in [6, 6.07) is 7.49. The number of ether oxygens (including phenoxy) is 1. The minimum absolute atomic E-state index is 0.0204. The number of benzene rings is 1. The summed E-state index contributed by atoms with van der Waals surface area (Å²) >= 11 is 2.91. The van der Waals surface area contributed by atoms with Crippen LogP contribution in [0.4, 0.5) is 10.7 Å². The van der Waals surface area contributed by atoms with Crippen LogP contribution in [0.1, 0.15) is 67.8 Å².